The molecule has 0 radical (unpaired) electrons. The van der Waals surface area contributed by atoms with E-state index in [4.69, 9.17) is 5.11 Å². The van der Waals surface area contributed by atoms with Crippen LogP contribution < -0.4 is 0 Å². The van der Waals surface area contributed by atoms with Crippen LogP contribution in [-0.2, 0) is 0 Å². The minimum absolute atomic E-state index is 0.241. The van der Waals surface area contributed by atoms with Crippen molar-refractivity contribution in [2.24, 2.45) is 0 Å². The molecule has 1 aromatic carbocycles. The zero-order valence-corrected chi connectivity index (χ0v) is 6.68. The summed E-state index contributed by atoms with van der Waals surface area (Å²) in [6.07, 6.45) is 3.15. The van der Waals surface area contributed by atoms with Crippen molar-refractivity contribution in [3.63, 3.8) is 0 Å². The van der Waals surface area contributed by atoms with Crippen molar-refractivity contribution >= 4 is 0 Å². The Morgan fingerprint density at radius 2 is 2.15 bits per heavy atom. The zero-order valence-electron chi connectivity index (χ0n) is 6.68. The average molecular weight is 178 g/mol. The van der Waals surface area contributed by atoms with Crippen LogP contribution in [0.1, 0.15) is 0 Å². The van der Waals surface area contributed by atoms with Gasteiger partial charge in [0.25, 0.3) is 0 Å². The van der Waals surface area contributed by atoms with Crippen molar-refractivity contribution in [1.82, 2.24) is 9.78 Å². The molecule has 0 unspecified atom stereocenters. The normalized spacial score (nSPS) is 10.2. The first-order chi connectivity index (χ1) is 6.29. The molecule has 1 N–H and O–H groups in total. The van der Waals surface area contributed by atoms with Gasteiger partial charge in [0.05, 0.1) is 0 Å². The molecule has 2 rings (SSSR count). The Hall–Kier alpha value is -1.84. The fourth-order valence-corrected chi connectivity index (χ4v) is 1.10. The summed E-state index contributed by atoms with van der Waals surface area (Å²) in [6.45, 7) is 0. The van der Waals surface area contributed by atoms with E-state index in [1.54, 1.807) is 30.6 Å². The number of hydrogen-bond acceptors (Lipinski definition) is 2. The van der Waals surface area contributed by atoms with Crippen molar-refractivity contribution in [2.75, 3.05) is 0 Å². The van der Waals surface area contributed by atoms with Gasteiger partial charge in [0.1, 0.15) is 5.69 Å². The molecular weight excluding hydrogens is 171 g/mol. The molecule has 4 heteroatoms. The third-order valence-corrected chi connectivity index (χ3v) is 1.71. The maximum atomic E-state index is 13.3. The summed E-state index contributed by atoms with van der Waals surface area (Å²) in [5, 5.41) is 12.9. The molecule has 0 aliphatic rings. The van der Waals surface area contributed by atoms with Gasteiger partial charge in [0.15, 0.2) is 11.6 Å². The monoisotopic (exact) mass is 178 g/mol. The second-order valence-corrected chi connectivity index (χ2v) is 2.56. The number of nitrogens with zero attached hydrogens (tertiary/aromatic N) is 2. The molecule has 0 aliphatic heterocycles. The van der Waals surface area contributed by atoms with E-state index in [1.165, 1.54) is 10.7 Å². The molecule has 13 heavy (non-hydrogen) atoms. The summed E-state index contributed by atoms with van der Waals surface area (Å²) in [7, 11) is 0. The van der Waals surface area contributed by atoms with Crippen LogP contribution in [0.2, 0.25) is 0 Å². The van der Waals surface area contributed by atoms with Crippen molar-refractivity contribution in [2.45, 2.75) is 0 Å². The number of phenolic OH excluding ortho intramolecular Hbond substituents is 1. The molecule has 0 spiro atoms. The van der Waals surface area contributed by atoms with E-state index in [0.29, 0.717) is 0 Å². The first kappa shape index (κ1) is 7.79. The number of halogens is 1. The largest absolute Gasteiger partial charge is 0.505 e. The first-order valence-corrected chi connectivity index (χ1v) is 3.76. The molecule has 0 saturated carbocycles. The van der Waals surface area contributed by atoms with Gasteiger partial charge in [0, 0.05) is 12.4 Å². The average Bonchev–Trinajstić information content (AvgIpc) is 2.62. The van der Waals surface area contributed by atoms with Crippen molar-refractivity contribution in [3.8, 4) is 11.4 Å². The Balaban J connectivity index is 2.59. The quantitative estimate of drug-likeness (QED) is 0.721. The van der Waals surface area contributed by atoms with Crippen LogP contribution in [0, 0.1) is 5.82 Å². The van der Waals surface area contributed by atoms with Crippen molar-refractivity contribution in [3.05, 3.63) is 42.5 Å². The third-order valence-electron chi connectivity index (χ3n) is 1.71. The lowest BCUT2D eigenvalue weighted by Gasteiger charge is -2.03. The SMILES string of the molecule is Oc1cccc(-n2cccn2)c1F. The van der Waals surface area contributed by atoms with E-state index in [0.717, 1.165) is 0 Å². The predicted octanol–water partition coefficient (Wildman–Crippen LogP) is 1.72. The Bertz CT molecular complexity index is 412. The Morgan fingerprint density at radius 1 is 1.31 bits per heavy atom. The van der Waals surface area contributed by atoms with Gasteiger partial charge in [0.2, 0.25) is 0 Å². The molecule has 0 fully saturated rings. The summed E-state index contributed by atoms with van der Waals surface area (Å²) in [5.74, 6) is -1.03. The Labute approximate surface area is 74.1 Å². The lowest BCUT2D eigenvalue weighted by molar-refractivity contribution is 0.430. The lowest BCUT2D eigenvalue weighted by atomic mass is 10.3. The molecule has 2 aromatic rings. The maximum Gasteiger partial charge on any atom is 0.190 e. The number of phenols is 1. The Kier molecular flexibility index (Phi) is 1.73. The van der Waals surface area contributed by atoms with Crippen molar-refractivity contribution < 1.29 is 9.50 Å². The number of hydrogen-bond donors (Lipinski definition) is 1. The second kappa shape index (κ2) is 2.90. The summed E-state index contributed by atoms with van der Waals surface area (Å²) in [4.78, 5) is 0. The van der Waals surface area contributed by atoms with E-state index >= 15 is 0 Å². The molecule has 1 aromatic heterocycles. The van der Waals surface area contributed by atoms with Crippen LogP contribution in [0.5, 0.6) is 5.75 Å². The highest BCUT2D eigenvalue weighted by molar-refractivity contribution is 5.39. The van der Waals surface area contributed by atoms with E-state index in [9.17, 15) is 4.39 Å². The van der Waals surface area contributed by atoms with Gasteiger partial charge in [-0.1, -0.05) is 6.07 Å². The van der Waals surface area contributed by atoms with Gasteiger partial charge in [-0.05, 0) is 18.2 Å². The van der Waals surface area contributed by atoms with Crippen LogP contribution in [0.15, 0.2) is 36.7 Å². The molecule has 3 nitrogen and oxygen atoms in total. The van der Waals surface area contributed by atoms with E-state index in [-0.39, 0.29) is 11.4 Å². The standard InChI is InChI=1S/C9H7FN2O/c10-9-7(3-1-4-8(9)13)12-6-2-5-11-12/h1-6,13H. The smallest absolute Gasteiger partial charge is 0.190 e. The minimum atomic E-state index is -0.661. The van der Waals surface area contributed by atoms with Crippen LogP contribution in [0.3, 0.4) is 0 Å². The zero-order chi connectivity index (χ0) is 9.26. The predicted molar refractivity (Wildman–Crippen MR) is 45.2 cm³/mol. The third kappa shape index (κ3) is 1.26. The molecule has 0 amide bonds. The second-order valence-electron chi connectivity index (χ2n) is 2.56. The van der Waals surface area contributed by atoms with Gasteiger partial charge in [-0.25, -0.2) is 9.07 Å². The topological polar surface area (TPSA) is 38.0 Å². The fourth-order valence-electron chi connectivity index (χ4n) is 1.10. The number of aromatic hydroxyl groups is 1. The summed E-state index contributed by atoms with van der Waals surface area (Å²) in [5.41, 5.74) is 0.241. The maximum absolute atomic E-state index is 13.3. The summed E-state index contributed by atoms with van der Waals surface area (Å²) >= 11 is 0. The van der Waals surface area contributed by atoms with Gasteiger partial charge in [-0.3, -0.25) is 0 Å². The van der Waals surface area contributed by atoms with E-state index in [1.807, 2.05) is 0 Å². The van der Waals surface area contributed by atoms with Gasteiger partial charge in [-0.2, -0.15) is 5.10 Å². The van der Waals surface area contributed by atoms with Crippen LogP contribution in [0.25, 0.3) is 5.69 Å². The highest BCUT2D eigenvalue weighted by atomic mass is 19.1. The van der Waals surface area contributed by atoms with Crippen molar-refractivity contribution in [1.29, 1.82) is 0 Å². The fraction of sp³-hybridized carbons (Fsp3) is 0. The highest BCUT2D eigenvalue weighted by Gasteiger charge is 2.07. The van der Waals surface area contributed by atoms with Crippen LogP contribution >= 0.6 is 0 Å². The van der Waals surface area contributed by atoms with Gasteiger partial charge >= 0.3 is 0 Å². The molecule has 0 atom stereocenters. The summed E-state index contributed by atoms with van der Waals surface area (Å²) in [6, 6.07) is 6.09. The molecule has 66 valence electrons. The number of benzene rings is 1. The molecule has 0 bridgehead atoms. The minimum Gasteiger partial charge on any atom is -0.505 e. The highest BCUT2D eigenvalue weighted by Crippen LogP contribution is 2.20. The molecule has 0 aliphatic carbocycles. The number of aromatic nitrogens is 2. The molecule has 1 heterocycles. The van der Waals surface area contributed by atoms with Crippen LogP contribution in [-0.4, -0.2) is 14.9 Å². The van der Waals surface area contributed by atoms with Gasteiger partial charge in [-0.15, -0.1) is 0 Å². The summed E-state index contributed by atoms with van der Waals surface area (Å²) < 4.78 is 14.6. The molecule has 0 saturated heterocycles. The van der Waals surface area contributed by atoms with Gasteiger partial charge < -0.3 is 5.11 Å². The Morgan fingerprint density at radius 3 is 2.85 bits per heavy atom. The van der Waals surface area contributed by atoms with Crippen LogP contribution in [0.4, 0.5) is 4.39 Å². The first-order valence-electron chi connectivity index (χ1n) is 3.76. The molecular formula is C9H7FN2O. The van der Waals surface area contributed by atoms with E-state index < -0.39 is 5.82 Å². The van der Waals surface area contributed by atoms with E-state index in [2.05, 4.69) is 5.10 Å². The lowest BCUT2D eigenvalue weighted by Crippen LogP contribution is -1.97. The number of rotatable bonds is 1.